The SMILES string of the molecule is CC1CN(Cc2cccc(CN)c2F)CC1C. The molecule has 2 rings (SSSR count). The Morgan fingerprint density at radius 1 is 1.24 bits per heavy atom. The Morgan fingerprint density at radius 3 is 2.41 bits per heavy atom. The number of hydrogen-bond acceptors (Lipinski definition) is 2. The van der Waals surface area contributed by atoms with E-state index in [0.717, 1.165) is 18.7 Å². The number of nitrogens with zero attached hydrogens (tertiary/aromatic N) is 1. The molecular weight excluding hydrogens is 215 g/mol. The fourth-order valence-electron chi connectivity index (χ4n) is 2.53. The van der Waals surface area contributed by atoms with Gasteiger partial charge in [0.05, 0.1) is 0 Å². The topological polar surface area (TPSA) is 29.3 Å². The van der Waals surface area contributed by atoms with Crippen LogP contribution in [-0.4, -0.2) is 18.0 Å². The quantitative estimate of drug-likeness (QED) is 0.873. The van der Waals surface area contributed by atoms with Gasteiger partial charge in [-0.1, -0.05) is 32.0 Å². The number of benzene rings is 1. The first-order chi connectivity index (χ1) is 8.11. The van der Waals surface area contributed by atoms with Crippen LogP contribution in [0.1, 0.15) is 25.0 Å². The van der Waals surface area contributed by atoms with E-state index in [0.29, 0.717) is 23.9 Å². The molecule has 2 atom stereocenters. The minimum absolute atomic E-state index is 0.123. The molecule has 1 fully saturated rings. The van der Waals surface area contributed by atoms with E-state index in [1.165, 1.54) is 0 Å². The molecule has 3 heteroatoms. The second-order valence-corrected chi connectivity index (χ2v) is 5.24. The van der Waals surface area contributed by atoms with Gasteiger partial charge in [0.2, 0.25) is 0 Å². The highest BCUT2D eigenvalue weighted by atomic mass is 19.1. The lowest BCUT2D eigenvalue weighted by Crippen LogP contribution is -2.21. The number of halogens is 1. The molecule has 0 radical (unpaired) electrons. The summed E-state index contributed by atoms with van der Waals surface area (Å²) >= 11 is 0. The van der Waals surface area contributed by atoms with Crippen LogP contribution in [0.3, 0.4) is 0 Å². The minimum Gasteiger partial charge on any atom is -0.326 e. The van der Waals surface area contributed by atoms with E-state index in [1.807, 2.05) is 12.1 Å². The predicted octanol–water partition coefficient (Wildman–Crippen LogP) is 2.37. The monoisotopic (exact) mass is 236 g/mol. The molecule has 0 spiro atoms. The third kappa shape index (κ3) is 2.67. The van der Waals surface area contributed by atoms with Crippen LogP contribution in [0.5, 0.6) is 0 Å². The summed E-state index contributed by atoms with van der Waals surface area (Å²) in [5, 5.41) is 0. The lowest BCUT2D eigenvalue weighted by Gasteiger charge is -2.16. The fourth-order valence-corrected chi connectivity index (χ4v) is 2.53. The van der Waals surface area contributed by atoms with Gasteiger partial charge in [0.1, 0.15) is 5.82 Å². The molecule has 0 saturated carbocycles. The van der Waals surface area contributed by atoms with Crippen molar-refractivity contribution >= 4 is 0 Å². The summed E-state index contributed by atoms with van der Waals surface area (Å²) < 4.78 is 14.0. The van der Waals surface area contributed by atoms with Crippen molar-refractivity contribution in [1.29, 1.82) is 0 Å². The van der Waals surface area contributed by atoms with Gasteiger partial charge in [0.25, 0.3) is 0 Å². The second-order valence-electron chi connectivity index (χ2n) is 5.24. The Morgan fingerprint density at radius 2 is 1.82 bits per heavy atom. The second kappa shape index (κ2) is 5.15. The van der Waals surface area contributed by atoms with Crippen molar-refractivity contribution in [2.24, 2.45) is 17.6 Å². The lowest BCUT2D eigenvalue weighted by atomic mass is 10.0. The molecule has 0 aliphatic carbocycles. The Hall–Kier alpha value is -0.930. The van der Waals surface area contributed by atoms with E-state index < -0.39 is 0 Å². The Labute approximate surface area is 103 Å². The van der Waals surface area contributed by atoms with Crippen LogP contribution in [0.4, 0.5) is 4.39 Å². The van der Waals surface area contributed by atoms with Gasteiger partial charge in [-0.3, -0.25) is 4.90 Å². The van der Waals surface area contributed by atoms with E-state index in [-0.39, 0.29) is 12.4 Å². The molecule has 2 N–H and O–H groups in total. The normalized spacial score (nSPS) is 25.4. The first-order valence-corrected chi connectivity index (χ1v) is 6.30. The van der Waals surface area contributed by atoms with Crippen LogP contribution in [0.2, 0.25) is 0 Å². The molecule has 0 bridgehead atoms. The maximum Gasteiger partial charge on any atom is 0.132 e. The highest BCUT2D eigenvalue weighted by Crippen LogP contribution is 2.24. The number of hydrogen-bond donors (Lipinski definition) is 1. The summed E-state index contributed by atoms with van der Waals surface area (Å²) in [6.07, 6.45) is 0. The van der Waals surface area contributed by atoms with Gasteiger partial charge in [0.15, 0.2) is 0 Å². The molecule has 2 nitrogen and oxygen atoms in total. The van der Waals surface area contributed by atoms with Crippen molar-refractivity contribution in [2.45, 2.75) is 26.9 Å². The van der Waals surface area contributed by atoms with Crippen LogP contribution < -0.4 is 5.73 Å². The molecule has 0 amide bonds. The van der Waals surface area contributed by atoms with Crippen LogP contribution in [0, 0.1) is 17.7 Å². The van der Waals surface area contributed by atoms with Crippen molar-refractivity contribution in [2.75, 3.05) is 13.1 Å². The van der Waals surface area contributed by atoms with Crippen LogP contribution in [0.25, 0.3) is 0 Å². The van der Waals surface area contributed by atoms with Crippen LogP contribution >= 0.6 is 0 Å². The van der Waals surface area contributed by atoms with Gasteiger partial charge >= 0.3 is 0 Å². The van der Waals surface area contributed by atoms with Crippen molar-refractivity contribution in [3.8, 4) is 0 Å². The Bertz CT molecular complexity index is 382. The third-order valence-electron chi connectivity index (χ3n) is 3.84. The van der Waals surface area contributed by atoms with Gasteiger partial charge in [0, 0.05) is 37.3 Å². The maximum atomic E-state index is 14.0. The Kier molecular flexibility index (Phi) is 3.79. The lowest BCUT2D eigenvalue weighted by molar-refractivity contribution is 0.310. The van der Waals surface area contributed by atoms with E-state index in [1.54, 1.807) is 6.07 Å². The highest BCUT2D eigenvalue weighted by molar-refractivity contribution is 5.26. The standard InChI is InChI=1S/C14H21FN2/c1-10-7-17(8-11(10)2)9-13-5-3-4-12(6-16)14(13)15/h3-5,10-11H,6-9,16H2,1-2H3. The zero-order chi connectivity index (χ0) is 12.4. The van der Waals surface area contributed by atoms with Gasteiger partial charge < -0.3 is 5.73 Å². The van der Waals surface area contributed by atoms with E-state index in [4.69, 9.17) is 5.73 Å². The van der Waals surface area contributed by atoms with E-state index >= 15 is 0 Å². The Balaban J connectivity index is 2.09. The van der Waals surface area contributed by atoms with Crippen molar-refractivity contribution in [1.82, 2.24) is 4.90 Å². The van der Waals surface area contributed by atoms with Crippen LogP contribution in [-0.2, 0) is 13.1 Å². The largest absolute Gasteiger partial charge is 0.326 e. The van der Waals surface area contributed by atoms with Crippen molar-refractivity contribution in [3.05, 3.63) is 35.1 Å². The molecule has 2 unspecified atom stereocenters. The molecule has 1 aromatic rings. The average Bonchev–Trinajstić information content (AvgIpc) is 2.61. The van der Waals surface area contributed by atoms with Crippen molar-refractivity contribution < 1.29 is 4.39 Å². The van der Waals surface area contributed by atoms with Gasteiger partial charge in [-0.2, -0.15) is 0 Å². The molecule has 1 aliphatic heterocycles. The maximum absolute atomic E-state index is 14.0. The summed E-state index contributed by atoms with van der Waals surface area (Å²) in [6.45, 7) is 7.62. The predicted molar refractivity (Wildman–Crippen MR) is 67.9 cm³/mol. The average molecular weight is 236 g/mol. The molecule has 94 valence electrons. The summed E-state index contributed by atoms with van der Waals surface area (Å²) in [7, 11) is 0. The summed E-state index contributed by atoms with van der Waals surface area (Å²) in [6, 6.07) is 5.51. The molecule has 1 aliphatic rings. The highest BCUT2D eigenvalue weighted by Gasteiger charge is 2.26. The van der Waals surface area contributed by atoms with Crippen LogP contribution in [0.15, 0.2) is 18.2 Å². The third-order valence-corrected chi connectivity index (χ3v) is 3.84. The zero-order valence-electron chi connectivity index (χ0n) is 10.6. The first-order valence-electron chi connectivity index (χ1n) is 6.30. The molecule has 17 heavy (non-hydrogen) atoms. The summed E-state index contributed by atoms with van der Waals surface area (Å²) in [4.78, 5) is 2.33. The van der Waals surface area contributed by atoms with Gasteiger partial charge in [-0.25, -0.2) is 4.39 Å². The zero-order valence-corrected chi connectivity index (χ0v) is 10.6. The molecule has 1 heterocycles. The first kappa shape index (κ1) is 12.5. The minimum atomic E-state index is -0.123. The molecular formula is C14H21FN2. The number of likely N-dealkylation sites (tertiary alicyclic amines) is 1. The number of rotatable bonds is 3. The fraction of sp³-hybridized carbons (Fsp3) is 0.571. The summed E-state index contributed by atoms with van der Waals surface area (Å²) in [5.41, 5.74) is 6.90. The van der Waals surface area contributed by atoms with Crippen molar-refractivity contribution in [3.63, 3.8) is 0 Å². The van der Waals surface area contributed by atoms with E-state index in [2.05, 4.69) is 18.7 Å². The molecule has 1 aromatic carbocycles. The van der Waals surface area contributed by atoms with Gasteiger partial charge in [-0.15, -0.1) is 0 Å². The molecule has 0 aromatic heterocycles. The van der Waals surface area contributed by atoms with E-state index in [9.17, 15) is 4.39 Å². The number of nitrogens with two attached hydrogens (primary N) is 1. The smallest absolute Gasteiger partial charge is 0.132 e. The van der Waals surface area contributed by atoms with Gasteiger partial charge in [-0.05, 0) is 11.8 Å². The molecule has 1 saturated heterocycles. The summed E-state index contributed by atoms with van der Waals surface area (Å²) in [5.74, 6) is 1.29.